The molecule has 8 atom stereocenters. The van der Waals surface area contributed by atoms with Crippen LogP contribution in [0.1, 0.15) is 58.3 Å². The Morgan fingerprint density at radius 2 is 2.00 bits per heavy atom. The summed E-state index contributed by atoms with van der Waals surface area (Å²) < 4.78 is 0. The van der Waals surface area contributed by atoms with Gasteiger partial charge in [0, 0.05) is 24.9 Å². The summed E-state index contributed by atoms with van der Waals surface area (Å²) in [6.07, 6.45) is 10.7. The first-order valence-electron chi connectivity index (χ1n) is 9.74. The van der Waals surface area contributed by atoms with Gasteiger partial charge in [-0.1, -0.05) is 13.3 Å². The van der Waals surface area contributed by atoms with Crippen LogP contribution in [-0.2, 0) is 4.79 Å². The van der Waals surface area contributed by atoms with Gasteiger partial charge in [-0.3, -0.25) is 4.79 Å². The zero-order valence-electron chi connectivity index (χ0n) is 14.1. The van der Waals surface area contributed by atoms with Gasteiger partial charge in [0.1, 0.15) is 5.78 Å². The molecule has 0 aromatic heterocycles. The summed E-state index contributed by atoms with van der Waals surface area (Å²) in [6, 6.07) is 0.816. The van der Waals surface area contributed by atoms with E-state index in [4.69, 9.17) is 0 Å². The van der Waals surface area contributed by atoms with Crippen LogP contribution in [0.2, 0.25) is 0 Å². The second-order valence-electron chi connectivity index (χ2n) is 10.3. The molecular formula is C20H29NO. The van der Waals surface area contributed by atoms with Crippen molar-refractivity contribution in [3.63, 3.8) is 0 Å². The molecule has 22 heavy (non-hydrogen) atoms. The average Bonchev–Trinajstić information content (AvgIpc) is 2.58. The number of piperidine rings is 1. The van der Waals surface area contributed by atoms with Gasteiger partial charge in [-0.05, 0) is 79.6 Å². The summed E-state index contributed by atoms with van der Waals surface area (Å²) in [5.74, 6) is 3.80. The molecule has 7 rings (SSSR count). The van der Waals surface area contributed by atoms with Gasteiger partial charge in [-0.15, -0.1) is 0 Å². The van der Waals surface area contributed by atoms with Gasteiger partial charge in [0.2, 0.25) is 0 Å². The maximum atomic E-state index is 12.6. The smallest absolute Gasteiger partial charge is 0.136 e. The van der Waals surface area contributed by atoms with Crippen molar-refractivity contribution in [2.24, 2.45) is 39.9 Å². The van der Waals surface area contributed by atoms with Gasteiger partial charge in [0.15, 0.2) is 0 Å². The van der Waals surface area contributed by atoms with Crippen LogP contribution in [0.5, 0.6) is 0 Å². The highest BCUT2D eigenvalue weighted by Gasteiger charge is 2.79. The van der Waals surface area contributed by atoms with Gasteiger partial charge in [-0.25, -0.2) is 0 Å². The second-order valence-corrected chi connectivity index (χ2v) is 10.3. The predicted molar refractivity (Wildman–Crippen MR) is 85.3 cm³/mol. The Bertz CT molecular complexity index is 586. The summed E-state index contributed by atoms with van der Waals surface area (Å²) >= 11 is 0. The third-order valence-electron chi connectivity index (χ3n) is 9.86. The van der Waals surface area contributed by atoms with Crippen molar-refractivity contribution in [2.75, 3.05) is 13.6 Å². The van der Waals surface area contributed by atoms with Gasteiger partial charge >= 0.3 is 0 Å². The summed E-state index contributed by atoms with van der Waals surface area (Å²) in [4.78, 5) is 15.4. The molecule has 6 saturated carbocycles. The molecule has 1 saturated heterocycles. The minimum absolute atomic E-state index is 0.434. The highest BCUT2D eigenvalue weighted by Crippen LogP contribution is 2.81. The molecule has 0 radical (unpaired) electrons. The van der Waals surface area contributed by atoms with Crippen molar-refractivity contribution in [3.8, 4) is 0 Å². The van der Waals surface area contributed by atoms with Crippen LogP contribution < -0.4 is 0 Å². The van der Waals surface area contributed by atoms with Crippen molar-refractivity contribution in [1.29, 1.82) is 0 Å². The minimum atomic E-state index is 0.434. The van der Waals surface area contributed by atoms with Gasteiger partial charge in [0.05, 0.1) is 0 Å². The molecule has 6 bridgehead atoms. The average molecular weight is 299 g/mol. The van der Waals surface area contributed by atoms with Gasteiger partial charge in [-0.2, -0.15) is 0 Å². The third kappa shape index (κ3) is 1.07. The quantitative estimate of drug-likeness (QED) is 0.682. The van der Waals surface area contributed by atoms with E-state index in [-0.39, 0.29) is 0 Å². The van der Waals surface area contributed by atoms with Crippen LogP contribution in [0, 0.1) is 39.9 Å². The maximum absolute atomic E-state index is 12.6. The molecule has 1 heterocycles. The molecule has 2 spiro atoms. The van der Waals surface area contributed by atoms with Crippen molar-refractivity contribution < 1.29 is 4.79 Å². The number of hydrogen-bond donors (Lipinski definition) is 0. The zero-order valence-corrected chi connectivity index (χ0v) is 14.1. The Morgan fingerprint density at radius 1 is 1.14 bits per heavy atom. The number of fused-ring (bicyclic) bond motifs is 1. The van der Waals surface area contributed by atoms with Crippen molar-refractivity contribution >= 4 is 5.78 Å². The molecule has 6 aliphatic carbocycles. The van der Waals surface area contributed by atoms with Crippen LogP contribution >= 0.6 is 0 Å². The molecule has 0 amide bonds. The molecule has 1 aliphatic heterocycles. The van der Waals surface area contributed by atoms with Crippen LogP contribution in [0.25, 0.3) is 0 Å². The number of carbonyl (C=O) groups is 1. The lowest BCUT2D eigenvalue weighted by molar-refractivity contribution is -0.183. The van der Waals surface area contributed by atoms with Crippen molar-refractivity contribution in [3.05, 3.63) is 0 Å². The van der Waals surface area contributed by atoms with E-state index in [1.165, 1.54) is 51.5 Å². The lowest BCUT2D eigenvalue weighted by atomic mass is 9.40. The number of ketones is 1. The van der Waals surface area contributed by atoms with E-state index in [0.717, 1.165) is 30.2 Å². The van der Waals surface area contributed by atoms with Crippen molar-refractivity contribution in [1.82, 2.24) is 4.90 Å². The molecule has 2 nitrogen and oxygen atoms in total. The van der Waals surface area contributed by atoms with Crippen LogP contribution in [0.3, 0.4) is 0 Å². The number of Topliss-reactive ketones (excluding diaryl/α,β-unsaturated/α-hetero) is 1. The fourth-order valence-electron chi connectivity index (χ4n) is 9.80. The van der Waals surface area contributed by atoms with E-state index < -0.39 is 0 Å². The fourth-order valence-corrected chi connectivity index (χ4v) is 9.80. The number of hydrogen-bond acceptors (Lipinski definition) is 2. The normalized spacial score (nSPS) is 65.0. The number of rotatable bonds is 0. The molecule has 0 aromatic rings. The SMILES string of the molecule is CN1CC2(C)CCCC34C1C1CC5CC3[C@]1(CC[C@H]24)CC5=O. The Kier molecular flexibility index (Phi) is 2.07. The number of nitrogens with zero attached hydrogens (tertiary/aromatic N) is 1. The van der Waals surface area contributed by atoms with Crippen LogP contribution in [0.4, 0.5) is 0 Å². The largest absolute Gasteiger partial charge is 0.302 e. The Morgan fingerprint density at radius 3 is 2.86 bits per heavy atom. The molecule has 7 aliphatic rings. The fraction of sp³-hybridized carbons (Fsp3) is 0.950. The summed E-state index contributed by atoms with van der Waals surface area (Å²) in [7, 11) is 2.43. The standard InChI is InChI=1S/C20H29NO/c1-18-5-3-6-20-15(18)4-7-19-10-14(22)12(9-16(19)20)8-13(19)17(20)21(2)11-18/h12-13,15-17H,3-11H2,1-2H3/t12?,13?,15-,16?,17?,18?,19-,20?/m1/s1. The van der Waals surface area contributed by atoms with Gasteiger partial charge < -0.3 is 4.90 Å². The third-order valence-corrected chi connectivity index (χ3v) is 9.86. The second kappa shape index (κ2) is 3.50. The van der Waals surface area contributed by atoms with E-state index in [2.05, 4.69) is 18.9 Å². The number of likely N-dealkylation sites (tertiary alicyclic amines) is 1. The van der Waals surface area contributed by atoms with Crippen LogP contribution in [-0.4, -0.2) is 30.3 Å². The van der Waals surface area contributed by atoms with Crippen LogP contribution in [0.15, 0.2) is 0 Å². The lowest BCUT2D eigenvalue weighted by Gasteiger charge is -2.67. The van der Waals surface area contributed by atoms with Gasteiger partial charge in [0.25, 0.3) is 0 Å². The molecule has 0 N–H and O–H groups in total. The van der Waals surface area contributed by atoms with E-state index >= 15 is 0 Å². The molecular weight excluding hydrogens is 270 g/mol. The Hall–Kier alpha value is -0.370. The zero-order chi connectivity index (χ0) is 14.9. The van der Waals surface area contributed by atoms with E-state index in [1.807, 2.05) is 0 Å². The monoisotopic (exact) mass is 299 g/mol. The summed E-state index contributed by atoms with van der Waals surface area (Å²) in [5.41, 5.74) is 1.59. The highest BCUT2D eigenvalue weighted by atomic mass is 16.1. The molecule has 2 heteroatoms. The molecule has 0 aromatic carbocycles. The van der Waals surface area contributed by atoms with E-state index in [1.54, 1.807) is 0 Å². The first-order chi connectivity index (χ1) is 10.5. The minimum Gasteiger partial charge on any atom is -0.302 e. The topological polar surface area (TPSA) is 20.3 Å². The number of carbonyl (C=O) groups excluding carboxylic acids is 1. The lowest BCUT2D eigenvalue weighted by Crippen LogP contribution is -2.65. The first kappa shape index (κ1) is 13.0. The Labute approximate surface area is 134 Å². The highest BCUT2D eigenvalue weighted by molar-refractivity contribution is 5.84. The first-order valence-corrected chi connectivity index (χ1v) is 9.74. The maximum Gasteiger partial charge on any atom is 0.136 e. The summed E-state index contributed by atoms with van der Waals surface area (Å²) in [5, 5.41) is 0. The molecule has 7 fully saturated rings. The molecule has 6 unspecified atom stereocenters. The predicted octanol–water partition coefficient (Wildman–Crippen LogP) is 3.50. The van der Waals surface area contributed by atoms with E-state index in [0.29, 0.717) is 27.9 Å². The molecule has 120 valence electrons. The van der Waals surface area contributed by atoms with E-state index in [9.17, 15) is 4.79 Å². The van der Waals surface area contributed by atoms with Crippen molar-refractivity contribution in [2.45, 2.75) is 64.3 Å². The Balaban J connectivity index is 1.61. The summed E-state index contributed by atoms with van der Waals surface area (Å²) in [6.45, 7) is 3.93.